The smallest absolute Gasteiger partial charge is 0.0419 e. The topological polar surface area (TPSA) is 50.9 Å². The Kier molecular flexibility index (Phi) is 6.45. The highest BCUT2D eigenvalue weighted by molar-refractivity contribution is 7.99. The molecule has 0 aromatic carbocycles. The third-order valence-corrected chi connectivity index (χ3v) is 4.07. The fourth-order valence-electron chi connectivity index (χ4n) is 1.34. The molecule has 0 amide bonds. The van der Waals surface area contributed by atoms with Crippen molar-refractivity contribution in [2.24, 2.45) is 5.84 Å². The number of nitrogens with one attached hydrogen (secondary N) is 1. The van der Waals surface area contributed by atoms with Gasteiger partial charge in [-0.25, -0.2) is 0 Å². The van der Waals surface area contributed by atoms with Crippen LogP contribution in [0, 0.1) is 0 Å². The second kappa shape index (κ2) is 7.65. The van der Waals surface area contributed by atoms with Gasteiger partial charge in [-0.2, -0.15) is 11.8 Å². The van der Waals surface area contributed by atoms with Gasteiger partial charge in [-0.1, -0.05) is 19.9 Å². The minimum Gasteiger partial charge on any atom is -0.271 e. The molecule has 4 heteroatoms. The maximum absolute atomic E-state index is 5.56. The van der Waals surface area contributed by atoms with E-state index in [0.717, 1.165) is 17.9 Å². The number of hydrazine groups is 1. The standard InChI is InChI=1S/C12H21N3S/c1-3-10(2)16-9-12(15-13)8-11-6-4-5-7-14-11/h4-7,10,12,15H,3,8-9,13H2,1-2H3. The minimum absolute atomic E-state index is 0.300. The molecule has 90 valence electrons. The summed E-state index contributed by atoms with van der Waals surface area (Å²) in [5, 5.41) is 0.694. The fourth-order valence-corrected chi connectivity index (χ4v) is 2.35. The quantitative estimate of drug-likeness (QED) is 0.564. The molecule has 0 aliphatic heterocycles. The highest BCUT2D eigenvalue weighted by atomic mass is 32.2. The molecule has 0 bridgehead atoms. The van der Waals surface area contributed by atoms with Gasteiger partial charge in [0, 0.05) is 35.4 Å². The van der Waals surface area contributed by atoms with Gasteiger partial charge in [0.25, 0.3) is 0 Å². The average molecular weight is 239 g/mol. The van der Waals surface area contributed by atoms with Crippen LogP contribution in [0.15, 0.2) is 24.4 Å². The highest BCUT2D eigenvalue weighted by Crippen LogP contribution is 2.15. The largest absolute Gasteiger partial charge is 0.271 e. The number of nitrogens with two attached hydrogens (primary N) is 1. The van der Waals surface area contributed by atoms with Crippen molar-refractivity contribution < 1.29 is 0 Å². The second-order valence-corrected chi connectivity index (χ2v) is 5.41. The van der Waals surface area contributed by atoms with Gasteiger partial charge in [0.1, 0.15) is 0 Å². The Labute approximate surface area is 102 Å². The Balaban J connectivity index is 2.37. The van der Waals surface area contributed by atoms with Crippen molar-refractivity contribution in [1.29, 1.82) is 0 Å². The lowest BCUT2D eigenvalue weighted by atomic mass is 10.2. The zero-order valence-corrected chi connectivity index (χ0v) is 10.8. The van der Waals surface area contributed by atoms with E-state index in [9.17, 15) is 0 Å². The van der Waals surface area contributed by atoms with Crippen LogP contribution < -0.4 is 11.3 Å². The Hall–Kier alpha value is -0.580. The number of pyridine rings is 1. The van der Waals surface area contributed by atoms with E-state index in [-0.39, 0.29) is 0 Å². The van der Waals surface area contributed by atoms with Crippen molar-refractivity contribution in [3.05, 3.63) is 30.1 Å². The zero-order valence-electron chi connectivity index (χ0n) is 10.0. The van der Waals surface area contributed by atoms with Gasteiger partial charge in [0.2, 0.25) is 0 Å². The third-order valence-electron chi connectivity index (χ3n) is 2.57. The second-order valence-electron chi connectivity index (χ2n) is 3.94. The van der Waals surface area contributed by atoms with E-state index < -0.39 is 0 Å². The molecule has 2 atom stereocenters. The SMILES string of the molecule is CCC(C)SCC(Cc1ccccn1)NN. The molecule has 1 heterocycles. The Morgan fingerprint density at radius 1 is 1.50 bits per heavy atom. The van der Waals surface area contributed by atoms with Gasteiger partial charge in [-0.05, 0) is 18.6 Å². The van der Waals surface area contributed by atoms with Crippen molar-refractivity contribution in [3.8, 4) is 0 Å². The number of nitrogens with zero attached hydrogens (tertiary/aromatic N) is 1. The molecule has 16 heavy (non-hydrogen) atoms. The Morgan fingerprint density at radius 3 is 2.88 bits per heavy atom. The molecule has 0 fully saturated rings. The van der Waals surface area contributed by atoms with Gasteiger partial charge in [-0.3, -0.25) is 16.3 Å². The lowest BCUT2D eigenvalue weighted by Gasteiger charge is -2.17. The Bertz CT molecular complexity index is 279. The maximum Gasteiger partial charge on any atom is 0.0419 e. The normalized spacial score (nSPS) is 14.7. The van der Waals surface area contributed by atoms with Gasteiger partial charge in [-0.15, -0.1) is 0 Å². The van der Waals surface area contributed by atoms with Crippen molar-refractivity contribution in [3.63, 3.8) is 0 Å². The molecule has 0 saturated heterocycles. The first-order chi connectivity index (χ1) is 7.76. The minimum atomic E-state index is 0.300. The molecule has 0 saturated carbocycles. The average Bonchev–Trinajstić information content (AvgIpc) is 2.35. The van der Waals surface area contributed by atoms with Crippen molar-refractivity contribution >= 4 is 11.8 Å². The van der Waals surface area contributed by atoms with Crippen molar-refractivity contribution in [2.75, 3.05) is 5.75 Å². The van der Waals surface area contributed by atoms with Crippen molar-refractivity contribution in [2.45, 2.75) is 38.0 Å². The van der Waals surface area contributed by atoms with E-state index in [0.29, 0.717) is 11.3 Å². The van der Waals surface area contributed by atoms with Crippen LogP contribution in [-0.4, -0.2) is 22.0 Å². The molecule has 0 radical (unpaired) electrons. The summed E-state index contributed by atoms with van der Waals surface area (Å²) in [6, 6.07) is 6.28. The van der Waals surface area contributed by atoms with E-state index >= 15 is 0 Å². The monoisotopic (exact) mass is 239 g/mol. The van der Waals surface area contributed by atoms with E-state index in [4.69, 9.17) is 5.84 Å². The first-order valence-electron chi connectivity index (χ1n) is 5.73. The molecule has 0 spiro atoms. The summed E-state index contributed by atoms with van der Waals surface area (Å²) in [5.41, 5.74) is 3.96. The van der Waals surface area contributed by atoms with Crippen LogP contribution in [0.1, 0.15) is 26.0 Å². The van der Waals surface area contributed by atoms with Crippen LogP contribution in [0.25, 0.3) is 0 Å². The number of hydrogen-bond acceptors (Lipinski definition) is 4. The summed E-state index contributed by atoms with van der Waals surface area (Å²) >= 11 is 1.96. The fraction of sp³-hybridized carbons (Fsp3) is 0.583. The van der Waals surface area contributed by atoms with E-state index in [1.54, 1.807) is 0 Å². The number of rotatable bonds is 7. The van der Waals surface area contributed by atoms with E-state index in [2.05, 4.69) is 24.3 Å². The van der Waals surface area contributed by atoms with Crippen LogP contribution in [0.5, 0.6) is 0 Å². The summed E-state index contributed by atoms with van der Waals surface area (Å²) in [6.07, 6.45) is 3.91. The first kappa shape index (κ1) is 13.5. The molecule has 3 nitrogen and oxygen atoms in total. The summed E-state index contributed by atoms with van der Waals surface area (Å²) in [6.45, 7) is 4.46. The van der Waals surface area contributed by atoms with Crippen LogP contribution in [0.3, 0.4) is 0 Å². The molecular weight excluding hydrogens is 218 g/mol. The van der Waals surface area contributed by atoms with E-state index in [1.165, 1.54) is 6.42 Å². The molecule has 1 rings (SSSR count). The molecule has 0 aliphatic carbocycles. The van der Waals surface area contributed by atoms with Gasteiger partial charge >= 0.3 is 0 Å². The number of aromatic nitrogens is 1. The zero-order chi connectivity index (χ0) is 11.8. The maximum atomic E-state index is 5.56. The van der Waals surface area contributed by atoms with Gasteiger partial charge in [0.05, 0.1) is 0 Å². The molecule has 3 N–H and O–H groups in total. The van der Waals surface area contributed by atoms with Gasteiger partial charge < -0.3 is 0 Å². The predicted molar refractivity (Wildman–Crippen MR) is 71.3 cm³/mol. The summed E-state index contributed by atoms with van der Waals surface area (Å²) in [5.74, 6) is 6.59. The lowest BCUT2D eigenvalue weighted by Crippen LogP contribution is -2.39. The summed E-state index contributed by atoms with van der Waals surface area (Å²) in [7, 11) is 0. The summed E-state index contributed by atoms with van der Waals surface area (Å²) < 4.78 is 0. The van der Waals surface area contributed by atoms with Crippen LogP contribution in [-0.2, 0) is 6.42 Å². The predicted octanol–water partition coefficient (Wildman–Crippen LogP) is 1.99. The van der Waals surface area contributed by atoms with E-state index in [1.807, 2.05) is 36.2 Å². The molecule has 2 unspecified atom stereocenters. The third kappa shape index (κ3) is 4.96. The molecule has 1 aromatic heterocycles. The van der Waals surface area contributed by atoms with Crippen LogP contribution >= 0.6 is 11.8 Å². The summed E-state index contributed by atoms with van der Waals surface area (Å²) in [4.78, 5) is 4.31. The molecule has 1 aromatic rings. The highest BCUT2D eigenvalue weighted by Gasteiger charge is 2.10. The number of thioether (sulfide) groups is 1. The molecular formula is C12H21N3S. The van der Waals surface area contributed by atoms with Crippen molar-refractivity contribution in [1.82, 2.24) is 10.4 Å². The Morgan fingerprint density at radius 2 is 2.31 bits per heavy atom. The number of hydrogen-bond donors (Lipinski definition) is 2. The first-order valence-corrected chi connectivity index (χ1v) is 6.78. The van der Waals surface area contributed by atoms with Gasteiger partial charge in [0.15, 0.2) is 0 Å². The lowest BCUT2D eigenvalue weighted by molar-refractivity contribution is 0.568. The van der Waals surface area contributed by atoms with Crippen LogP contribution in [0.2, 0.25) is 0 Å². The molecule has 0 aliphatic rings. The van der Waals surface area contributed by atoms with Crippen LogP contribution in [0.4, 0.5) is 0 Å².